The zero-order valence-electron chi connectivity index (χ0n) is 12.1. The molecule has 0 amide bonds. The Kier molecular flexibility index (Phi) is 4.50. The van der Waals surface area contributed by atoms with E-state index in [1.165, 1.54) is 5.56 Å². The van der Waals surface area contributed by atoms with Crippen LogP contribution in [0.15, 0.2) is 54.7 Å². The van der Waals surface area contributed by atoms with Crippen LogP contribution in [0.3, 0.4) is 0 Å². The van der Waals surface area contributed by atoms with Gasteiger partial charge in [0.25, 0.3) is 0 Å². The third-order valence-electron chi connectivity index (χ3n) is 3.42. The quantitative estimate of drug-likeness (QED) is 0.749. The minimum atomic E-state index is -0.508. The molecular weight excluding hydrogens is 278 g/mol. The van der Waals surface area contributed by atoms with Crippen molar-refractivity contribution in [2.75, 3.05) is 0 Å². The van der Waals surface area contributed by atoms with Crippen LogP contribution in [0.4, 0.5) is 0 Å². The topological polar surface area (TPSA) is 76.7 Å². The van der Waals surface area contributed by atoms with Gasteiger partial charge >= 0.3 is 0 Å². The summed E-state index contributed by atoms with van der Waals surface area (Å²) in [4.78, 5) is 4.24. The summed E-state index contributed by atoms with van der Waals surface area (Å²) < 4.78 is 1.60. The van der Waals surface area contributed by atoms with Gasteiger partial charge in [0.15, 0.2) is 0 Å². The van der Waals surface area contributed by atoms with Crippen LogP contribution in [0.25, 0.3) is 11.5 Å². The van der Waals surface area contributed by atoms with Gasteiger partial charge in [0, 0.05) is 6.20 Å². The van der Waals surface area contributed by atoms with E-state index in [0.29, 0.717) is 24.5 Å². The molecule has 2 heterocycles. The van der Waals surface area contributed by atoms with Gasteiger partial charge < -0.3 is 5.11 Å². The average molecular weight is 295 g/mol. The van der Waals surface area contributed by atoms with Gasteiger partial charge in [-0.25, -0.2) is 4.68 Å². The Balaban J connectivity index is 1.63. The van der Waals surface area contributed by atoms with E-state index in [-0.39, 0.29) is 0 Å². The Bertz CT molecular complexity index is 699. The highest BCUT2D eigenvalue weighted by molar-refractivity contribution is 5.47. The summed E-state index contributed by atoms with van der Waals surface area (Å²) in [7, 11) is 0. The lowest BCUT2D eigenvalue weighted by Gasteiger charge is -2.11. The number of benzene rings is 1. The summed E-state index contributed by atoms with van der Waals surface area (Å²) in [5.74, 6) is 0.569. The Morgan fingerprint density at radius 3 is 2.64 bits per heavy atom. The van der Waals surface area contributed by atoms with E-state index < -0.39 is 6.10 Å². The summed E-state index contributed by atoms with van der Waals surface area (Å²) in [6.45, 7) is 0.353. The van der Waals surface area contributed by atoms with E-state index in [4.69, 9.17) is 0 Å². The van der Waals surface area contributed by atoms with Gasteiger partial charge in [-0.2, -0.15) is 0 Å². The monoisotopic (exact) mass is 295 g/mol. The Hall–Kier alpha value is -2.60. The van der Waals surface area contributed by atoms with Gasteiger partial charge in [0.2, 0.25) is 5.82 Å². The molecule has 0 aliphatic carbocycles. The minimum absolute atomic E-state index is 0.353. The molecule has 1 N–H and O–H groups in total. The van der Waals surface area contributed by atoms with Gasteiger partial charge in [-0.1, -0.05) is 36.4 Å². The number of aliphatic hydroxyl groups is 1. The second kappa shape index (κ2) is 6.91. The first-order valence-electron chi connectivity index (χ1n) is 7.22. The van der Waals surface area contributed by atoms with Crippen molar-refractivity contribution in [1.82, 2.24) is 25.2 Å². The van der Waals surface area contributed by atoms with Crippen molar-refractivity contribution in [3.8, 4) is 11.5 Å². The van der Waals surface area contributed by atoms with Crippen LogP contribution >= 0.6 is 0 Å². The number of tetrazole rings is 1. The molecule has 0 unspecified atom stereocenters. The predicted octanol–water partition coefficient (Wildman–Crippen LogP) is 1.73. The molecule has 0 bridgehead atoms. The molecule has 0 spiro atoms. The molecule has 1 aromatic carbocycles. The standard InChI is InChI=1S/C16H17N5O/c22-14(10-9-13-6-2-1-3-7-13)12-21-16(18-19-20-21)15-8-4-5-11-17-15/h1-8,11,14,22H,9-10,12H2/t14-/m0/s1. The molecular formula is C16H17N5O. The highest BCUT2D eigenvalue weighted by Gasteiger charge is 2.13. The number of rotatable bonds is 6. The molecule has 1 atom stereocenters. The largest absolute Gasteiger partial charge is 0.391 e. The minimum Gasteiger partial charge on any atom is -0.391 e. The summed E-state index contributed by atoms with van der Waals surface area (Å²) >= 11 is 0. The van der Waals surface area contributed by atoms with Crippen molar-refractivity contribution in [2.45, 2.75) is 25.5 Å². The lowest BCUT2D eigenvalue weighted by Crippen LogP contribution is -2.18. The number of nitrogens with zero attached hydrogens (tertiary/aromatic N) is 5. The number of aryl methyl sites for hydroxylation is 1. The van der Waals surface area contributed by atoms with Crippen LogP contribution in [-0.2, 0) is 13.0 Å². The maximum Gasteiger partial charge on any atom is 0.200 e. The second-order valence-corrected chi connectivity index (χ2v) is 5.08. The molecule has 0 aliphatic heterocycles. The van der Waals surface area contributed by atoms with Crippen molar-refractivity contribution in [3.63, 3.8) is 0 Å². The molecule has 6 nitrogen and oxygen atoms in total. The van der Waals surface area contributed by atoms with Crippen LogP contribution in [0.2, 0.25) is 0 Å². The van der Waals surface area contributed by atoms with E-state index in [1.807, 2.05) is 36.4 Å². The van der Waals surface area contributed by atoms with Gasteiger partial charge in [-0.15, -0.1) is 5.10 Å². The molecule has 0 saturated heterocycles. The maximum atomic E-state index is 10.2. The van der Waals surface area contributed by atoms with Crippen LogP contribution in [0, 0.1) is 0 Å². The summed E-state index contributed by atoms with van der Waals surface area (Å²) in [6.07, 6.45) is 2.67. The van der Waals surface area contributed by atoms with Crippen molar-refractivity contribution < 1.29 is 5.11 Å². The number of hydrogen-bond acceptors (Lipinski definition) is 5. The fraction of sp³-hybridized carbons (Fsp3) is 0.250. The summed E-state index contributed by atoms with van der Waals surface area (Å²) in [5, 5.41) is 21.8. The highest BCUT2D eigenvalue weighted by atomic mass is 16.3. The fourth-order valence-corrected chi connectivity index (χ4v) is 2.27. The molecule has 0 saturated carbocycles. The van der Waals surface area contributed by atoms with E-state index in [2.05, 4.69) is 32.6 Å². The van der Waals surface area contributed by atoms with E-state index in [9.17, 15) is 5.11 Å². The normalized spacial score (nSPS) is 12.2. The van der Waals surface area contributed by atoms with Crippen molar-refractivity contribution in [1.29, 1.82) is 0 Å². The Morgan fingerprint density at radius 1 is 1.05 bits per heavy atom. The van der Waals surface area contributed by atoms with Crippen molar-refractivity contribution in [2.24, 2.45) is 0 Å². The van der Waals surface area contributed by atoms with Gasteiger partial charge in [-0.05, 0) is 41.0 Å². The molecule has 22 heavy (non-hydrogen) atoms. The first kappa shape index (κ1) is 14.3. The number of pyridine rings is 1. The Labute approximate surface area is 128 Å². The van der Waals surface area contributed by atoms with Crippen LogP contribution < -0.4 is 0 Å². The SMILES string of the molecule is O[C@@H](CCc1ccccc1)Cn1nnnc1-c1ccccn1. The highest BCUT2D eigenvalue weighted by Crippen LogP contribution is 2.13. The van der Waals surface area contributed by atoms with Crippen molar-refractivity contribution in [3.05, 3.63) is 60.3 Å². The van der Waals surface area contributed by atoms with Crippen molar-refractivity contribution >= 4 is 0 Å². The van der Waals surface area contributed by atoms with E-state index in [0.717, 1.165) is 6.42 Å². The maximum absolute atomic E-state index is 10.2. The number of aliphatic hydroxyl groups excluding tert-OH is 1. The summed E-state index contributed by atoms with van der Waals surface area (Å²) in [5.41, 5.74) is 1.91. The fourth-order valence-electron chi connectivity index (χ4n) is 2.27. The van der Waals surface area contributed by atoms with Gasteiger partial charge in [0.05, 0.1) is 12.6 Å². The molecule has 112 valence electrons. The van der Waals surface area contributed by atoms with E-state index >= 15 is 0 Å². The molecule has 2 aromatic heterocycles. The zero-order chi connectivity index (χ0) is 15.2. The molecule has 3 rings (SSSR count). The van der Waals surface area contributed by atoms with E-state index in [1.54, 1.807) is 10.9 Å². The van der Waals surface area contributed by atoms with Crippen LogP contribution in [-0.4, -0.2) is 36.4 Å². The molecule has 6 heteroatoms. The number of aromatic nitrogens is 5. The predicted molar refractivity (Wildman–Crippen MR) is 81.8 cm³/mol. The first-order valence-corrected chi connectivity index (χ1v) is 7.22. The lowest BCUT2D eigenvalue weighted by atomic mass is 10.1. The van der Waals surface area contributed by atoms with Gasteiger partial charge in [-0.3, -0.25) is 4.98 Å². The van der Waals surface area contributed by atoms with Gasteiger partial charge in [0.1, 0.15) is 5.69 Å². The number of hydrogen-bond donors (Lipinski definition) is 1. The molecule has 0 fully saturated rings. The first-order chi connectivity index (χ1) is 10.8. The van der Waals surface area contributed by atoms with Crippen LogP contribution in [0.5, 0.6) is 0 Å². The third kappa shape index (κ3) is 3.53. The molecule has 0 radical (unpaired) electrons. The molecule has 0 aliphatic rings. The average Bonchev–Trinajstić information content (AvgIpc) is 3.03. The zero-order valence-corrected chi connectivity index (χ0v) is 12.1. The van der Waals surface area contributed by atoms with Crippen LogP contribution in [0.1, 0.15) is 12.0 Å². The Morgan fingerprint density at radius 2 is 1.86 bits per heavy atom. The smallest absolute Gasteiger partial charge is 0.200 e. The second-order valence-electron chi connectivity index (χ2n) is 5.08. The summed E-state index contributed by atoms with van der Waals surface area (Å²) in [6, 6.07) is 15.7. The molecule has 3 aromatic rings. The third-order valence-corrected chi connectivity index (χ3v) is 3.42. The lowest BCUT2D eigenvalue weighted by molar-refractivity contribution is 0.140.